The van der Waals surface area contributed by atoms with Crippen molar-refractivity contribution in [2.75, 3.05) is 62.7 Å². The molecule has 4 rings (SSSR count). The molecule has 2 heterocycles. The van der Waals surface area contributed by atoms with Crippen LogP contribution in [-0.4, -0.2) is 69.2 Å². The standard InChI is InChI=1S/C27H33F3N4O3/c1-19-7-10-34(11-8-19)24-6-5-22(32-25(35)20-3-2-4-21(17-20)27(28,29)30)18-23(24)26(36)31-9-12-33-13-15-37-16-14-33/h2-6,17-19H,7-16H2,1H3,(H,31,36)(H,32,35). The van der Waals surface area contributed by atoms with E-state index in [4.69, 9.17) is 4.74 Å². The molecule has 2 aromatic rings. The first-order chi connectivity index (χ1) is 17.7. The number of piperidine rings is 1. The van der Waals surface area contributed by atoms with Crippen molar-refractivity contribution in [3.63, 3.8) is 0 Å². The lowest BCUT2D eigenvalue weighted by Gasteiger charge is -2.33. The number of amides is 2. The number of anilines is 2. The second-order valence-corrected chi connectivity index (χ2v) is 9.64. The summed E-state index contributed by atoms with van der Waals surface area (Å²) in [5.74, 6) is -0.311. The van der Waals surface area contributed by atoms with Gasteiger partial charge in [0.2, 0.25) is 0 Å². The third-order valence-corrected chi connectivity index (χ3v) is 6.89. The lowest BCUT2D eigenvalue weighted by atomic mass is 9.97. The Kier molecular flexibility index (Phi) is 8.71. The Morgan fingerprint density at radius 3 is 2.43 bits per heavy atom. The molecule has 2 amide bonds. The molecule has 200 valence electrons. The molecule has 0 aliphatic carbocycles. The van der Waals surface area contributed by atoms with Crippen molar-refractivity contribution in [2.45, 2.75) is 25.9 Å². The van der Waals surface area contributed by atoms with Crippen LogP contribution in [-0.2, 0) is 10.9 Å². The fourth-order valence-corrected chi connectivity index (χ4v) is 4.61. The van der Waals surface area contributed by atoms with Crippen LogP contribution in [0.4, 0.5) is 24.5 Å². The fourth-order valence-electron chi connectivity index (χ4n) is 4.61. The van der Waals surface area contributed by atoms with Crippen molar-refractivity contribution in [2.24, 2.45) is 5.92 Å². The highest BCUT2D eigenvalue weighted by Crippen LogP contribution is 2.31. The van der Waals surface area contributed by atoms with Crippen molar-refractivity contribution in [3.8, 4) is 0 Å². The van der Waals surface area contributed by atoms with E-state index in [2.05, 4.69) is 27.4 Å². The van der Waals surface area contributed by atoms with Crippen molar-refractivity contribution in [1.29, 1.82) is 0 Å². The molecule has 0 aromatic heterocycles. The van der Waals surface area contributed by atoms with Gasteiger partial charge in [0.05, 0.1) is 24.3 Å². The maximum atomic E-state index is 13.3. The van der Waals surface area contributed by atoms with Gasteiger partial charge in [0.1, 0.15) is 0 Å². The van der Waals surface area contributed by atoms with Crippen LogP contribution in [0.5, 0.6) is 0 Å². The van der Waals surface area contributed by atoms with Crippen LogP contribution in [0.2, 0.25) is 0 Å². The number of nitrogens with zero attached hydrogens (tertiary/aromatic N) is 2. The molecule has 7 nitrogen and oxygen atoms in total. The van der Waals surface area contributed by atoms with E-state index in [1.165, 1.54) is 12.1 Å². The van der Waals surface area contributed by atoms with E-state index < -0.39 is 17.6 Å². The average Bonchev–Trinajstić information content (AvgIpc) is 2.89. The Balaban J connectivity index is 1.50. The number of morpholine rings is 1. The number of hydrogen-bond donors (Lipinski definition) is 2. The van der Waals surface area contributed by atoms with E-state index in [0.717, 1.165) is 56.8 Å². The molecule has 37 heavy (non-hydrogen) atoms. The summed E-state index contributed by atoms with van der Waals surface area (Å²) in [5, 5.41) is 5.64. The number of alkyl halides is 3. The molecule has 0 saturated carbocycles. The number of halogens is 3. The zero-order valence-electron chi connectivity index (χ0n) is 20.9. The molecule has 2 saturated heterocycles. The van der Waals surface area contributed by atoms with Gasteiger partial charge >= 0.3 is 6.18 Å². The summed E-state index contributed by atoms with van der Waals surface area (Å²) in [6, 6.07) is 9.35. The topological polar surface area (TPSA) is 73.9 Å². The summed E-state index contributed by atoms with van der Waals surface area (Å²) in [4.78, 5) is 30.4. The average molecular weight is 519 g/mol. The SMILES string of the molecule is CC1CCN(c2ccc(NC(=O)c3cccc(C(F)(F)F)c3)cc2C(=O)NCCN2CCOCC2)CC1. The minimum atomic E-state index is -4.55. The van der Waals surface area contributed by atoms with Crippen LogP contribution in [0.3, 0.4) is 0 Å². The van der Waals surface area contributed by atoms with E-state index >= 15 is 0 Å². The van der Waals surface area contributed by atoms with Crippen LogP contribution in [0, 0.1) is 5.92 Å². The molecular formula is C27H33F3N4O3. The second-order valence-electron chi connectivity index (χ2n) is 9.64. The first kappa shape index (κ1) is 26.9. The van der Waals surface area contributed by atoms with E-state index in [-0.39, 0.29) is 11.5 Å². The molecular weight excluding hydrogens is 485 g/mol. The molecule has 0 radical (unpaired) electrons. The first-order valence-corrected chi connectivity index (χ1v) is 12.7. The van der Waals surface area contributed by atoms with Gasteiger partial charge in [-0.2, -0.15) is 13.2 Å². The van der Waals surface area contributed by atoms with Crippen molar-refractivity contribution >= 4 is 23.2 Å². The summed E-state index contributed by atoms with van der Waals surface area (Å²) in [7, 11) is 0. The molecule has 2 aliphatic heterocycles. The summed E-state index contributed by atoms with van der Waals surface area (Å²) in [5.41, 5.74) is 0.552. The number of benzene rings is 2. The van der Waals surface area contributed by atoms with Gasteiger partial charge in [-0.1, -0.05) is 13.0 Å². The maximum Gasteiger partial charge on any atom is 0.416 e. The molecule has 0 bridgehead atoms. The molecule has 0 unspecified atom stereocenters. The largest absolute Gasteiger partial charge is 0.416 e. The number of ether oxygens (including phenoxy) is 1. The second kappa shape index (κ2) is 12.0. The molecule has 0 spiro atoms. The third-order valence-electron chi connectivity index (χ3n) is 6.89. The lowest BCUT2D eigenvalue weighted by Crippen LogP contribution is -2.41. The minimum Gasteiger partial charge on any atom is -0.379 e. The number of hydrogen-bond acceptors (Lipinski definition) is 5. The van der Waals surface area contributed by atoms with Gasteiger partial charge in [-0.25, -0.2) is 0 Å². The van der Waals surface area contributed by atoms with Crippen molar-refractivity contribution < 1.29 is 27.5 Å². The molecule has 2 aliphatic rings. The highest BCUT2D eigenvalue weighted by Gasteiger charge is 2.31. The molecule has 2 aromatic carbocycles. The normalized spacial score (nSPS) is 17.5. The molecule has 2 N–H and O–H groups in total. The summed E-state index contributed by atoms with van der Waals surface area (Å²) >= 11 is 0. The fraction of sp³-hybridized carbons (Fsp3) is 0.481. The molecule has 0 atom stereocenters. The predicted molar refractivity (Wildman–Crippen MR) is 136 cm³/mol. The number of carbonyl (C=O) groups excluding carboxylic acids is 2. The Bertz CT molecular complexity index is 1090. The summed E-state index contributed by atoms with van der Waals surface area (Å²) < 4.78 is 44.6. The summed E-state index contributed by atoms with van der Waals surface area (Å²) in [6.07, 6.45) is -2.51. The van der Waals surface area contributed by atoms with Gasteiger partial charge < -0.3 is 20.3 Å². The summed E-state index contributed by atoms with van der Waals surface area (Å²) in [6.45, 7) is 8.04. The van der Waals surface area contributed by atoms with Crippen LogP contribution < -0.4 is 15.5 Å². The Morgan fingerprint density at radius 1 is 1.00 bits per heavy atom. The van der Waals surface area contributed by atoms with Gasteiger partial charge in [0, 0.05) is 56.2 Å². The number of carbonyl (C=O) groups is 2. The van der Waals surface area contributed by atoms with Crippen LogP contribution in [0.25, 0.3) is 0 Å². The van der Waals surface area contributed by atoms with Crippen molar-refractivity contribution in [3.05, 3.63) is 59.2 Å². The van der Waals surface area contributed by atoms with Crippen LogP contribution >= 0.6 is 0 Å². The van der Waals surface area contributed by atoms with Gasteiger partial charge in [0.25, 0.3) is 11.8 Å². The molecule has 10 heteroatoms. The lowest BCUT2D eigenvalue weighted by molar-refractivity contribution is -0.137. The Morgan fingerprint density at radius 2 is 1.73 bits per heavy atom. The smallest absolute Gasteiger partial charge is 0.379 e. The highest BCUT2D eigenvalue weighted by molar-refractivity contribution is 6.06. The van der Waals surface area contributed by atoms with Crippen molar-refractivity contribution in [1.82, 2.24) is 10.2 Å². The van der Waals surface area contributed by atoms with Crippen LogP contribution in [0.1, 0.15) is 46.0 Å². The van der Waals surface area contributed by atoms with Gasteiger partial charge in [0.15, 0.2) is 0 Å². The van der Waals surface area contributed by atoms with E-state index in [0.29, 0.717) is 43.5 Å². The zero-order chi connectivity index (χ0) is 26.4. The zero-order valence-corrected chi connectivity index (χ0v) is 20.9. The van der Waals surface area contributed by atoms with E-state index in [1.807, 2.05) is 0 Å². The molecule has 2 fully saturated rings. The van der Waals surface area contributed by atoms with Gasteiger partial charge in [-0.15, -0.1) is 0 Å². The third kappa shape index (κ3) is 7.23. The van der Waals surface area contributed by atoms with Gasteiger partial charge in [-0.05, 0) is 55.2 Å². The maximum absolute atomic E-state index is 13.3. The highest BCUT2D eigenvalue weighted by atomic mass is 19.4. The Hall–Kier alpha value is -3.11. The Labute approximate surface area is 215 Å². The minimum absolute atomic E-state index is 0.111. The number of nitrogens with one attached hydrogen (secondary N) is 2. The van der Waals surface area contributed by atoms with Crippen LogP contribution in [0.15, 0.2) is 42.5 Å². The first-order valence-electron chi connectivity index (χ1n) is 12.7. The predicted octanol–water partition coefficient (Wildman–Crippen LogP) is 4.26. The van der Waals surface area contributed by atoms with Gasteiger partial charge in [-0.3, -0.25) is 14.5 Å². The van der Waals surface area contributed by atoms with E-state index in [9.17, 15) is 22.8 Å². The number of rotatable bonds is 7. The monoisotopic (exact) mass is 518 g/mol. The van der Waals surface area contributed by atoms with E-state index in [1.54, 1.807) is 18.2 Å². The quantitative estimate of drug-likeness (QED) is 0.573.